The number of phenols is 1. The van der Waals surface area contributed by atoms with Gasteiger partial charge in [-0.1, -0.05) is 0 Å². The molecule has 1 aromatic carbocycles. The number of carbonyl (C=O) groups is 1. The minimum atomic E-state index is -4.21. The molecule has 1 aromatic heterocycles. The third-order valence-electron chi connectivity index (χ3n) is 3.40. The molecule has 0 aliphatic carbocycles. The fourth-order valence-electron chi connectivity index (χ4n) is 2.38. The van der Waals surface area contributed by atoms with Crippen LogP contribution in [-0.4, -0.2) is 35.9 Å². The van der Waals surface area contributed by atoms with Gasteiger partial charge in [0.25, 0.3) is 5.91 Å². The van der Waals surface area contributed by atoms with Crippen LogP contribution < -0.4 is 14.3 Å². The van der Waals surface area contributed by atoms with Crippen LogP contribution in [0.15, 0.2) is 24.5 Å². The lowest BCUT2D eigenvalue weighted by atomic mass is 10.1. The summed E-state index contributed by atoms with van der Waals surface area (Å²) in [5.74, 6) is -1.89. The van der Waals surface area contributed by atoms with E-state index in [0.717, 1.165) is 6.07 Å². The molecule has 0 radical (unpaired) electrons. The van der Waals surface area contributed by atoms with E-state index in [4.69, 9.17) is 0 Å². The van der Waals surface area contributed by atoms with Gasteiger partial charge in [0.15, 0.2) is 5.82 Å². The van der Waals surface area contributed by atoms with E-state index >= 15 is 0 Å². The summed E-state index contributed by atoms with van der Waals surface area (Å²) in [6.45, 7) is 1.31. The maximum Gasteiger partial charge on any atom is 0.326 e. The molecule has 1 aliphatic rings. The zero-order valence-electron chi connectivity index (χ0n) is 13.0. The van der Waals surface area contributed by atoms with Gasteiger partial charge in [-0.2, -0.15) is 8.42 Å². The van der Waals surface area contributed by atoms with Crippen molar-refractivity contribution in [1.29, 1.82) is 0 Å². The van der Waals surface area contributed by atoms with Gasteiger partial charge in [0, 0.05) is 12.7 Å². The molecule has 9 nitrogen and oxygen atoms in total. The van der Waals surface area contributed by atoms with Crippen molar-refractivity contribution in [3.63, 3.8) is 0 Å². The number of benzene rings is 1. The highest BCUT2D eigenvalue weighted by Crippen LogP contribution is 2.34. The molecule has 1 saturated heterocycles. The van der Waals surface area contributed by atoms with Crippen LogP contribution in [0.4, 0.5) is 15.9 Å². The van der Waals surface area contributed by atoms with Gasteiger partial charge >= 0.3 is 10.2 Å². The van der Waals surface area contributed by atoms with Gasteiger partial charge in [0.1, 0.15) is 23.8 Å². The first-order chi connectivity index (χ1) is 11.8. The molecule has 0 unspecified atom stereocenters. The van der Waals surface area contributed by atoms with Crippen LogP contribution in [0.25, 0.3) is 0 Å². The third-order valence-corrected chi connectivity index (χ3v) is 4.78. The largest absolute Gasteiger partial charge is 0.506 e. The summed E-state index contributed by atoms with van der Waals surface area (Å²) in [6.07, 6.45) is 3.07. The van der Waals surface area contributed by atoms with Gasteiger partial charge in [0.05, 0.1) is 11.9 Å². The Labute approximate surface area is 142 Å². The predicted octanol–water partition coefficient (Wildman–Crippen LogP) is 0.423. The molecule has 1 aliphatic heterocycles. The molecular formula is C14H14FN5O4S. The lowest BCUT2D eigenvalue weighted by Crippen LogP contribution is -2.30. The van der Waals surface area contributed by atoms with Gasteiger partial charge in [-0.05, 0) is 24.6 Å². The number of rotatable bonds is 4. The number of phenolic OH excluding ortho intramolecular Hbond substituents is 1. The molecule has 0 saturated carbocycles. The lowest BCUT2D eigenvalue weighted by molar-refractivity contribution is -0.117. The number of carbonyl (C=O) groups excluding carboxylic acids is 1. The van der Waals surface area contributed by atoms with Crippen LogP contribution in [0.5, 0.6) is 5.75 Å². The van der Waals surface area contributed by atoms with Crippen LogP contribution >= 0.6 is 0 Å². The lowest BCUT2D eigenvalue weighted by Gasteiger charge is -2.18. The number of nitrogens with one attached hydrogen (secondary N) is 2. The number of amides is 1. The topological polar surface area (TPSA) is 125 Å². The van der Waals surface area contributed by atoms with Crippen LogP contribution in [-0.2, 0) is 21.5 Å². The van der Waals surface area contributed by atoms with E-state index in [-0.39, 0.29) is 6.54 Å². The fourth-order valence-corrected chi connectivity index (χ4v) is 3.55. The van der Waals surface area contributed by atoms with Gasteiger partial charge in [0.2, 0.25) is 0 Å². The monoisotopic (exact) mass is 367 g/mol. The highest BCUT2D eigenvalue weighted by molar-refractivity contribution is 7.92. The SMILES string of the molecule is Cc1cncc(NCc2cc(O)c(N3CC(=O)NS3(=O)=O)c(F)c2)n1. The summed E-state index contributed by atoms with van der Waals surface area (Å²) in [6, 6.07) is 2.29. The van der Waals surface area contributed by atoms with Gasteiger partial charge in [-0.15, -0.1) is 0 Å². The van der Waals surface area contributed by atoms with E-state index in [1.54, 1.807) is 17.8 Å². The van der Waals surface area contributed by atoms with Crippen molar-refractivity contribution >= 4 is 27.6 Å². The Bertz CT molecular complexity index is 927. The molecule has 1 fully saturated rings. The van der Waals surface area contributed by atoms with Crippen molar-refractivity contribution in [2.75, 3.05) is 16.2 Å². The minimum Gasteiger partial charge on any atom is -0.506 e. The first-order valence-corrected chi connectivity index (χ1v) is 8.57. The van der Waals surface area contributed by atoms with Crippen molar-refractivity contribution in [3.8, 4) is 5.75 Å². The first-order valence-electron chi connectivity index (χ1n) is 7.13. The number of hydrogen-bond acceptors (Lipinski definition) is 7. The molecule has 0 spiro atoms. The second kappa shape index (κ2) is 6.16. The highest BCUT2D eigenvalue weighted by Gasteiger charge is 2.37. The van der Waals surface area contributed by atoms with Crippen molar-refractivity contribution in [1.82, 2.24) is 14.7 Å². The van der Waals surface area contributed by atoms with Crippen molar-refractivity contribution in [2.45, 2.75) is 13.5 Å². The number of aryl methyl sites for hydroxylation is 1. The first kappa shape index (κ1) is 16.9. The number of aromatic nitrogens is 2. The highest BCUT2D eigenvalue weighted by atomic mass is 32.2. The Morgan fingerprint density at radius 3 is 2.76 bits per heavy atom. The third kappa shape index (κ3) is 3.45. The number of halogens is 1. The Hall–Kier alpha value is -2.95. The van der Waals surface area contributed by atoms with Crippen LogP contribution in [0, 0.1) is 12.7 Å². The Morgan fingerprint density at radius 1 is 1.40 bits per heavy atom. The Kier molecular flexibility index (Phi) is 4.17. The summed E-state index contributed by atoms with van der Waals surface area (Å²) in [5.41, 5.74) is 0.487. The molecular weight excluding hydrogens is 353 g/mol. The van der Waals surface area contributed by atoms with Crippen molar-refractivity contribution < 1.29 is 22.7 Å². The number of anilines is 2. The molecule has 25 heavy (non-hydrogen) atoms. The van der Waals surface area contributed by atoms with E-state index in [0.29, 0.717) is 21.4 Å². The van der Waals surface area contributed by atoms with Crippen molar-refractivity contribution in [2.24, 2.45) is 0 Å². The second-order valence-electron chi connectivity index (χ2n) is 5.38. The normalized spacial score (nSPS) is 15.9. The summed E-state index contributed by atoms with van der Waals surface area (Å²) in [4.78, 5) is 19.4. The van der Waals surface area contributed by atoms with Gasteiger partial charge in [-0.3, -0.25) is 9.78 Å². The van der Waals surface area contributed by atoms with E-state index in [2.05, 4.69) is 15.3 Å². The molecule has 3 rings (SSSR count). The Balaban J connectivity index is 1.84. The maximum atomic E-state index is 14.4. The maximum absolute atomic E-state index is 14.4. The van der Waals surface area contributed by atoms with Crippen LogP contribution in [0.2, 0.25) is 0 Å². The minimum absolute atomic E-state index is 0.132. The van der Waals surface area contributed by atoms with E-state index in [1.807, 2.05) is 0 Å². The van der Waals surface area contributed by atoms with E-state index in [1.165, 1.54) is 12.3 Å². The number of nitrogens with zero attached hydrogens (tertiary/aromatic N) is 3. The molecule has 1 amide bonds. The van der Waals surface area contributed by atoms with Crippen LogP contribution in [0.1, 0.15) is 11.3 Å². The average Bonchev–Trinajstić information content (AvgIpc) is 2.77. The smallest absolute Gasteiger partial charge is 0.326 e. The zero-order valence-corrected chi connectivity index (χ0v) is 13.8. The van der Waals surface area contributed by atoms with E-state index in [9.17, 15) is 22.7 Å². The van der Waals surface area contributed by atoms with Crippen molar-refractivity contribution in [3.05, 3.63) is 41.6 Å². The zero-order chi connectivity index (χ0) is 18.2. The van der Waals surface area contributed by atoms with Gasteiger partial charge < -0.3 is 10.4 Å². The molecule has 11 heteroatoms. The number of aromatic hydroxyl groups is 1. The summed E-state index contributed by atoms with van der Waals surface area (Å²) < 4.78 is 40.2. The molecule has 2 heterocycles. The van der Waals surface area contributed by atoms with Crippen LogP contribution in [0.3, 0.4) is 0 Å². The predicted molar refractivity (Wildman–Crippen MR) is 86.6 cm³/mol. The summed E-state index contributed by atoms with van der Waals surface area (Å²) in [7, 11) is -4.21. The number of hydrogen-bond donors (Lipinski definition) is 3. The second-order valence-corrected chi connectivity index (χ2v) is 6.98. The standard InChI is InChI=1S/C14H14FN5O4S/c1-8-4-16-6-12(18-8)17-5-9-2-10(15)14(11(21)3-9)20-7-13(22)19-25(20,23)24/h2-4,6,21H,5,7H2,1H3,(H,17,18)(H,19,22). The summed E-state index contributed by atoms with van der Waals surface area (Å²) >= 11 is 0. The average molecular weight is 367 g/mol. The molecule has 0 bridgehead atoms. The molecule has 3 N–H and O–H groups in total. The Morgan fingerprint density at radius 2 is 2.16 bits per heavy atom. The summed E-state index contributed by atoms with van der Waals surface area (Å²) in [5, 5.41) is 13.0. The fraction of sp³-hybridized carbons (Fsp3) is 0.214. The quantitative estimate of drug-likeness (QED) is 0.715. The van der Waals surface area contributed by atoms with Gasteiger partial charge in [-0.25, -0.2) is 18.4 Å². The van der Waals surface area contributed by atoms with E-state index < -0.39 is 39.9 Å². The molecule has 2 aromatic rings. The molecule has 0 atom stereocenters. The molecule has 132 valence electrons.